The van der Waals surface area contributed by atoms with Gasteiger partial charge in [-0.1, -0.05) is 62.5 Å². The van der Waals surface area contributed by atoms with Gasteiger partial charge in [0.25, 0.3) is 0 Å². The van der Waals surface area contributed by atoms with Crippen molar-refractivity contribution in [3.63, 3.8) is 0 Å². The largest absolute Gasteiger partial charge is 0.465 e. The molecule has 0 radical (unpaired) electrons. The van der Waals surface area contributed by atoms with Gasteiger partial charge in [0.15, 0.2) is 0 Å². The van der Waals surface area contributed by atoms with E-state index in [0.717, 1.165) is 23.7 Å². The molecule has 0 saturated heterocycles. The van der Waals surface area contributed by atoms with Crippen LogP contribution in [0.25, 0.3) is 0 Å². The van der Waals surface area contributed by atoms with Crippen molar-refractivity contribution in [2.24, 2.45) is 5.92 Å². The zero-order chi connectivity index (χ0) is 16.3. The molecule has 2 rings (SSSR count). The summed E-state index contributed by atoms with van der Waals surface area (Å²) in [6.45, 7) is 2.30. The molecule has 0 N–H and O–H groups in total. The van der Waals surface area contributed by atoms with Crippen LogP contribution in [0.5, 0.6) is 0 Å². The van der Waals surface area contributed by atoms with Crippen LogP contribution in [0.2, 0.25) is 0 Å². The van der Waals surface area contributed by atoms with Crippen LogP contribution < -0.4 is 0 Å². The van der Waals surface area contributed by atoms with Crippen molar-refractivity contribution in [1.82, 2.24) is 0 Å². The molecule has 1 unspecified atom stereocenters. The van der Waals surface area contributed by atoms with E-state index in [1.807, 2.05) is 37.3 Å². The van der Waals surface area contributed by atoms with Gasteiger partial charge in [0.05, 0.1) is 6.61 Å². The average molecular weight is 333 g/mol. The summed E-state index contributed by atoms with van der Waals surface area (Å²) < 4.78 is 5.23. The molecule has 1 fully saturated rings. The fourth-order valence-corrected chi connectivity index (χ4v) is 4.04. The number of rotatable bonds is 8. The number of hydrogen-bond acceptors (Lipinski definition) is 3. The lowest BCUT2D eigenvalue weighted by Gasteiger charge is -2.19. The predicted octanol–water partition coefficient (Wildman–Crippen LogP) is 5.63. The third-order valence-corrected chi connectivity index (χ3v) is 5.50. The van der Waals surface area contributed by atoms with Crippen molar-refractivity contribution in [3.8, 4) is 0 Å². The summed E-state index contributed by atoms with van der Waals surface area (Å²) >= 11 is 1.60. The molecular weight excluding hydrogens is 304 g/mol. The second-order valence-electron chi connectivity index (χ2n) is 6.12. The molecule has 0 bridgehead atoms. The maximum absolute atomic E-state index is 12.2. The maximum atomic E-state index is 12.2. The number of allylic oxidation sites excluding steroid dienone is 2. The van der Waals surface area contributed by atoms with E-state index in [9.17, 15) is 4.79 Å². The summed E-state index contributed by atoms with van der Waals surface area (Å²) in [7, 11) is 0. The molecule has 1 aliphatic carbocycles. The van der Waals surface area contributed by atoms with E-state index < -0.39 is 0 Å². The zero-order valence-electron chi connectivity index (χ0n) is 14.1. The normalized spacial score (nSPS) is 17.3. The van der Waals surface area contributed by atoms with E-state index in [4.69, 9.17) is 4.74 Å². The molecular formula is C20H28O2S. The van der Waals surface area contributed by atoms with Gasteiger partial charge in [-0.25, -0.2) is 0 Å². The van der Waals surface area contributed by atoms with Crippen LogP contribution in [-0.4, -0.2) is 17.8 Å². The molecule has 1 aromatic carbocycles. The smallest absolute Gasteiger partial charge is 0.319 e. The van der Waals surface area contributed by atoms with Crippen molar-refractivity contribution in [3.05, 3.63) is 42.5 Å². The SMILES string of the molecule is CCOC(=O)C(CC=CCC1CCCCC1)Sc1ccccc1. The number of esters is 1. The van der Waals surface area contributed by atoms with Gasteiger partial charge < -0.3 is 4.74 Å². The number of thioether (sulfide) groups is 1. The van der Waals surface area contributed by atoms with Crippen LogP contribution in [0.1, 0.15) is 51.9 Å². The first kappa shape index (κ1) is 18.1. The molecule has 23 heavy (non-hydrogen) atoms. The number of benzene rings is 1. The molecule has 0 aromatic heterocycles. The second kappa shape index (κ2) is 10.5. The topological polar surface area (TPSA) is 26.3 Å². The van der Waals surface area contributed by atoms with Crippen molar-refractivity contribution < 1.29 is 9.53 Å². The van der Waals surface area contributed by atoms with Crippen LogP contribution in [0.15, 0.2) is 47.4 Å². The molecule has 0 spiro atoms. The van der Waals surface area contributed by atoms with Crippen LogP contribution in [0, 0.1) is 5.92 Å². The van der Waals surface area contributed by atoms with E-state index in [1.165, 1.54) is 32.1 Å². The van der Waals surface area contributed by atoms with Crippen molar-refractivity contribution >= 4 is 17.7 Å². The molecule has 1 atom stereocenters. The Morgan fingerprint density at radius 2 is 1.96 bits per heavy atom. The van der Waals surface area contributed by atoms with E-state index in [0.29, 0.717) is 6.61 Å². The molecule has 1 aliphatic rings. The van der Waals surface area contributed by atoms with Gasteiger partial charge >= 0.3 is 5.97 Å². The number of carbonyl (C=O) groups is 1. The quantitative estimate of drug-likeness (QED) is 0.351. The third-order valence-electron chi connectivity index (χ3n) is 4.28. The standard InChI is InChI=1S/C20H28O2S/c1-2-22-20(21)19(23-18-14-7-4-8-15-18)16-10-9-13-17-11-5-3-6-12-17/h4,7-10,14-15,17,19H,2-3,5-6,11-13,16H2,1H3. The van der Waals surface area contributed by atoms with E-state index in [-0.39, 0.29) is 11.2 Å². The molecule has 1 saturated carbocycles. The first-order valence-electron chi connectivity index (χ1n) is 8.83. The van der Waals surface area contributed by atoms with Crippen LogP contribution in [0.3, 0.4) is 0 Å². The summed E-state index contributed by atoms with van der Waals surface area (Å²) in [5, 5.41) is -0.153. The first-order valence-corrected chi connectivity index (χ1v) is 9.71. The lowest BCUT2D eigenvalue weighted by Crippen LogP contribution is -2.19. The Labute approximate surface area is 144 Å². The van der Waals surface area contributed by atoms with E-state index in [2.05, 4.69) is 12.2 Å². The molecule has 0 aliphatic heterocycles. The second-order valence-corrected chi connectivity index (χ2v) is 7.39. The number of carbonyl (C=O) groups excluding carboxylic acids is 1. The Hall–Kier alpha value is -1.22. The van der Waals surface area contributed by atoms with Crippen molar-refractivity contribution in [2.75, 3.05) is 6.61 Å². The van der Waals surface area contributed by atoms with Crippen molar-refractivity contribution in [1.29, 1.82) is 0 Å². The number of hydrogen-bond donors (Lipinski definition) is 0. The van der Waals surface area contributed by atoms with Gasteiger partial charge in [-0.15, -0.1) is 11.8 Å². The minimum atomic E-state index is -0.153. The molecule has 1 aromatic rings. The number of ether oxygens (including phenoxy) is 1. The highest BCUT2D eigenvalue weighted by molar-refractivity contribution is 8.00. The highest BCUT2D eigenvalue weighted by Gasteiger charge is 2.20. The monoisotopic (exact) mass is 332 g/mol. The van der Waals surface area contributed by atoms with Gasteiger partial charge in [-0.05, 0) is 37.8 Å². The van der Waals surface area contributed by atoms with Gasteiger partial charge in [0, 0.05) is 4.90 Å². The van der Waals surface area contributed by atoms with Crippen molar-refractivity contribution in [2.45, 2.75) is 62.0 Å². The van der Waals surface area contributed by atoms with Gasteiger partial charge in [-0.3, -0.25) is 4.79 Å². The Bertz CT molecular complexity index is 478. The van der Waals surface area contributed by atoms with Gasteiger partial charge in [-0.2, -0.15) is 0 Å². The van der Waals surface area contributed by atoms with Crippen LogP contribution in [-0.2, 0) is 9.53 Å². The molecule has 126 valence electrons. The van der Waals surface area contributed by atoms with E-state index in [1.54, 1.807) is 11.8 Å². The van der Waals surface area contributed by atoms with Gasteiger partial charge in [0.1, 0.15) is 5.25 Å². The highest BCUT2D eigenvalue weighted by Crippen LogP contribution is 2.28. The zero-order valence-corrected chi connectivity index (χ0v) is 14.9. The Balaban J connectivity index is 1.84. The summed E-state index contributed by atoms with van der Waals surface area (Å²) in [6, 6.07) is 10.1. The molecule has 3 heteroatoms. The Kier molecular flexibility index (Phi) is 8.30. The highest BCUT2D eigenvalue weighted by atomic mass is 32.2. The summed E-state index contributed by atoms with van der Waals surface area (Å²) in [6.07, 6.45) is 13.2. The van der Waals surface area contributed by atoms with E-state index >= 15 is 0 Å². The van der Waals surface area contributed by atoms with Gasteiger partial charge in [0.2, 0.25) is 0 Å². The molecule has 2 nitrogen and oxygen atoms in total. The minimum Gasteiger partial charge on any atom is -0.465 e. The lowest BCUT2D eigenvalue weighted by atomic mass is 9.87. The minimum absolute atomic E-state index is 0.108. The summed E-state index contributed by atoms with van der Waals surface area (Å²) in [4.78, 5) is 13.3. The van der Waals surface area contributed by atoms with Crippen LogP contribution in [0.4, 0.5) is 0 Å². The maximum Gasteiger partial charge on any atom is 0.319 e. The fraction of sp³-hybridized carbons (Fsp3) is 0.550. The Morgan fingerprint density at radius 3 is 2.65 bits per heavy atom. The van der Waals surface area contributed by atoms with Crippen LogP contribution >= 0.6 is 11.8 Å². The first-order chi connectivity index (χ1) is 11.3. The molecule has 0 heterocycles. The lowest BCUT2D eigenvalue weighted by molar-refractivity contribution is -0.142. The molecule has 0 amide bonds. The third kappa shape index (κ3) is 6.82. The predicted molar refractivity (Wildman–Crippen MR) is 97.7 cm³/mol. The fourth-order valence-electron chi connectivity index (χ4n) is 3.02. The summed E-state index contributed by atoms with van der Waals surface area (Å²) in [5.74, 6) is 0.742. The summed E-state index contributed by atoms with van der Waals surface area (Å²) in [5.41, 5.74) is 0. The average Bonchev–Trinajstić information content (AvgIpc) is 2.59. The Morgan fingerprint density at radius 1 is 1.22 bits per heavy atom.